The van der Waals surface area contributed by atoms with Crippen molar-refractivity contribution in [3.63, 3.8) is 0 Å². The minimum absolute atomic E-state index is 0.0139. The van der Waals surface area contributed by atoms with Crippen molar-refractivity contribution in [2.45, 2.75) is 38.8 Å². The molecular formula is C18H19F3N2O4. The maximum atomic E-state index is 13.0. The van der Waals surface area contributed by atoms with Crippen molar-refractivity contribution in [3.8, 4) is 11.3 Å². The predicted molar refractivity (Wildman–Crippen MR) is 88.9 cm³/mol. The molecule has 0 bridgehead atoms. The van der Waals surface area contributed by atoms with E-state index in [1.165, 1.54) is 12.1 Å². The lowest BCUT2D eigenvalue weighted by atomic mass is 10.0. The van der Waals surface area contributed by atoms with Gasteiger partial charge in [-0.25, -0.2) is 0 Å². The molecule has 3 rings (SSSR count). The topological polar surface area (TPSA) is 73.6 Å². The molecule has 0 saturated carbocycles. The highest BCUT2D eigenvalue weighted by atomic mass is 19.4. The molecule has 1 aromatic heterocycles. The molecule has 1 saturated heterocycles. The number of rotatable bonds is 4. The van der Waals surface area contributed by atoms with Crippen LogP contribution in [0.25, 0.3) is 11.3 Å². The fourth-order valence-corrected chi connectivity index (χ4v) is 2.83. The second-order valence-electron chi connectivity index (χ2n) is 6.71. The van der Waals surface area contributed by atoms with E-state index in [4.69, 9.17) is 14.0 Å². The summed E-state index contributed by atoms with van der Waals surface area (Å²) in [6.07, 6.45) is -4.82. The number of amides is 1. The van der Waals surface area contributed by atoms with Crippen molar-refractivity contribution in [2.24, 2.45) is 0 Å². The molecule has 1 amide bonds. The fraction of sp³-hybridized carbons (Fsp3) is 0.444. The first-order valence-corrected chi connectivity index (χ1v) is 8.31. The zero-order chi connectivity index (χ0) is 19.8. The molecule has 1 fully saturated rings. The summed E-state index contributed by atoms with van der Waals surface area (Å²) in [6.45, 7) is 5.61. The number of alkyl halides is 3. The van der Waals surface area contributed by atoms with E-state index in [0.717, 1.165) is 12.1 Å². The Labute approximate surface area is 153 Å². The van der Waals surface area contributed by atoms with Crippen LogP contribution in [0.5, 0.6) is 0 Å². The zero-order valence-corrected chi connectivity index (χ0v) is 15.0. The van der Waals surface area contributed by atoms with Gasteiger partial charge in [-0.1, -0.05) is 17.3 Å². The summed E-state index contributed by atoms with van der Waals surface area (Å²) < 4.78 is 55.0. The Morgan fingerprint density at radius 1 is 1.37 bits per heavy atom. The Morgan fingerprint density at radius 3 is 2.74 bits per heavy atom. The molecule has 1 atom stereocenters. The smallest absolute Gasteiger partial charge is 0.355 e. The molecule has 1 N–H and O–H groups in total. The third kappa shape index (κ3) is 4.30. The standard InChI is InChI=1S/C18H19F3N2O4/c1-10-14(16(24)22-8-13-9-25-17(2,3)26-13)15(27-23-10)11-5-4-6-12(7-11)18(19,20)21/h4-7,13H,8-9H2,1-3H3,(H,22,24)/t13-/m0/s1. The van der Waals surface area contributed by atoms with Crippen molar-refractivity contribution in [1.82, 2.24) is 10.5 Å². The summed E-state index contributed by atoms with van der Waals surface area (Å²) in [5.74, 6) is -1.24. The van der Waals surface area contributed by atoms with E-state index in [9.17, 15) is 18.0 Å². The van der Waals surface area contributed by atoms with Crippen molar-refractivity contribution in [2.75, 3.05) is 13.2 Å². The monoisotopic (exact) mass is 384 g/mol. The maximum Gasteiger partial charge on any atom is 0.416 e. The van der Waals surface area contributed by atoms with Crippen LogP contribution >= 0.6 is 0 Å². The largest absolute Gasteiger partial charge is 0.416 e. The Balaban J connectivity index is 1.80. The molecule has 0 radical (unpaired) electrons. The Morgan fingerprint density at radius 2 is 2.11 bits per heavy atom. The number of ether oxygens (including phenoxy) is 2. The Kier molecular flexibility index (Phi) is 5.00. The lowest BCUT2D eigenvalue weighted by Gasteiger charge is -2.17. The molecule has 6 nitrogen and oxygen atoms in total. The van der Waals surface area contributed by atoms with Crippen LogP contribution in [-0.2, 0) is 15.7 Å². The number of carbonyl (C=O) groups excluding carboxylic acids is 1. The molecule has 9 heteroatoms. The highest BCUT2D eigenvalue weighted by Crippen LogP contribution is 2.33. The van der Waals surface area contributed by atoms with Gasteiger partial charge in [0.05, 0.1) is 17.9 Å². The summed E-state index contributed by atoms with van der Waals surface area (Å²) >= 11 is 0. The van der Waals surface area contributed by atoms with Crippen molar-refractivity contribution >= 4 is 5.91 Å². The van der Waals surface area contributed by atoms with Crippen LogP contribution in [0.2, 0.25) is 0 Å². The van der Waals surface area contributed by atoms with Gasteiger partial charge in [0.1, 0.15) is 11.7 Å². The summed E-state index contributed by atoms with van der Waals surface area (Å²) in [5, 5.41) is 6.43. The van der Waals surface area contributed by atoms with Gasteiger partial charge in [-0.05, 0) is 32.9 Å². The summed E-state index contributed by atoms with van der Waals surface area (Å²) in [7, 11) is 0. The Hall–Kier alpha value is -2.39. The minimum atomic E-state index is -4.50. The van der Waals surface area contributed by atoms with Gasteiger partial charge < -0.3 is 19.3 Å². The molecule has 27 heavy (non-hydrogen) atoms. The number of benzene rings is 1. The molecule has 1 aliphatic heterocycles. The number of aryl methyl sites for hydroxylation is 1. The fourth-order valence-electron chi connectivity index (χ4n) is 2.83. The van der Waals surface area contributed by atoms with E-state index in [2.05, 4.69) is 10.5 Å². The van der Waals surface area contributed by atoms with Gasteiger partial charge in [0, 0.05) is 12.1 Å². The number of hydrogen-bond donors (Lipinski definition) is 1. The second-order valence-corrected chi connectivity index (χ2v) is 6.71. The van der Waals surface area contributed by atoms with Crippen LogP contribution in [0.15, 0.2) is 28.8 Å². The molecular weight excluding hydrogens is 365 g/mol. The lowest BCUT2D eigenvalue weighted by molar-refractivity contribution is -0.138. The van der Waals surface area contributed by atoms with Gasteiger partial charge in [-0.3, -0.25) is 4.79 Å². The van der Waals surface area contributed by atoms with Gasteiger partial charge in [0.25, 0.3) is 5.91 Å². The lowest BCUT2D eigenvalue weighted by Crippen LogP contribution is -2.34. The van der Waals surface area contributed by atoms with E-state index in [-0.39, 0.29) is 35.2 Å². The van der Waals surface area contributed by atoms with E-state index in [0.29, 0.717) is 6.61 Å². The number of halogens is 3. The number of carbonyl (C=O) groups is 1. The number of hydrogen-bond acceptors (Lipinski definition) is 5. The minimum Gasteiger partial charge on any atom is -0.355 e. The maximum absolute atomic E-state index is 13.0. The Bertz CT molecular complexity index is 845. The molecule has 2 heterocycles. The highest BCUT2D eigenvalue weighted by Gasteiger charge is 2.34. The molecule has 1 aliphatic rings. The zero-order valence-electron chi connectivity index (χ0n) is 15.0. The molecule has 2 aromatic rings. The van der Waals surface area contributed by atoms with Gasteiger partial charge in [-0.15, -0.1) is 0 Å². The molecule has 0 unspecified atom stereocenters. The normalized spacial score (nSPS) is 19.3. The van der Waals surface area contributed by atoms with Crippen molar-refractivity contribution in [1.29, 1.82) is 0 Å². The van der Waals surface area contributed by atoms with E-state index in [1.807, 2.05) is 0 Å². The second kappa shape index (κ2) is 6.97. The molecule has 1 aromatic carbocycles. The van der Waals surface area contributed by atoms with Gasteiger partial charge in [-0.2, -0.15) is 13.2 Å². The first kappa shape index (κ1) is 19.4. The quantitative estimate of drug-likeness (QED) is 0.873. The summed E-state index contributed by atoms with van der Waals surface area (Å²) in [6, 6.07) is 4.56. The van der Waals surface area contributed by atoms with Crippen LogP contribution < -0.4 is 5.32 Å². The van der Waals surface area contributed by atoms with Crippen LogP contribution in [0.1, 0.15) is 35.5 Å². The van der Waals surface area contributed by atoms with E-state index in [1.54, 1.807) is 20.8 Å². The average Bonchev–Trinajstić information content (AvgIpc) is 3.14. The summed E-state index contributed by atoms with van der Waals surface area (Å²) in [4.78, 5) is 12.6. The number of aromatic nitrogens is 1. The third-order valence-corrected chi connectivity index (χ3v) is 4.10. The molecule has 146 valence electrons. The van der Waals surface area contributed by atoms with E-state index < -0.39 is 23.4 Å². The average molecular weight is 384 g/mol. The molecule has 0 spiro atoms. The van der Waals surface area contributed by atoms with Crippen molar-refractivity contribution in [3.05, 3.63) is 41.1 Å². The van der Waals surface area contributed by atoms with Crippen LogP contribution in [0.4, 0.5) is 13.2 Å². The third-order valence-electron chi connectivity index (χ3n) is 4.10. The number of nitrogens with zero attached hydrogens (tertiary/aromatic N) is 1. The highest BCUT2D eigenvalue weighted by molar-refractivity contribution is 6.00. The predicted octanol–water partition coefficient (Wildman–Crippen LogP) is 3.55. The first-order chi connectivity index (χ1) is 12.6. The molecule has 0 aliphatic carbocycles. The van der Waals surface area contributed by atoms with Crippen LogP contribution in [-0.4, -0.2) is 36.1 Å². The van der Waals surface area contributed by atoms with Crippen LogP contribution in [0.3, 0.4) is 0 Å². The van der Waals surface area contributed by atoms with Crippen molar-refractivity contribution < 1.29 is 32.0 Å². The van der Waals surface area contributed by atoms with Gasteiger partial charge in [0.2, 0.25) is 0 Å². The first-order valence-electron chi connectivity index (χ1n) is 8.31. The van der Waals surface area contributed by atoms with Gasteiger partial charge in [0.15, 0.2) is 11.5 Å². The summed E-state index contributed by atoms with van der Waals surface area (Å²) in [5.41, 5.74) is -0.340. The SMILES string of the molecule is Cc1noc(-c2cccc(C(F)(F)F)c2)c1C(=O)NC[C@H]1COC(C)(C)O1. The van der Waals surface area contributed by atoms with E-state index >= 15 is 0 Å². The number of nitrogens with one attached hydrogen (secondary N) is 1. The van der Waals surface area contributed by atoms with Gasteiger partial charge >= 0.3 is 6.18 Å². The van der Waals surface area contributed by atoms with Crippen LogP contribution in [0, 0.1) is 6.92 Å².